The number of hydrogen-bond acceptors (Lipinski definition) is 4. The van der Waals surface area contributed by atoms with Gasteiger partial charge in [0.05, 0.1) is 0 Å². The second-order valence-electron chi connectivity index (χ2n) is 0.250. The number of carbonyl (C=O) groups is 1. The van der Waals surface area contributed by atoms with E-state index in [0.717, 1.165) is 0 Å². The van der Waals surface area contributed by atoms with Crippen LogP contribution >= 0.6 is 12.4 Å². The van der Waals surface area contributed by atoms with Crippen LogP contribution in [0.3, 0.4) is 0 Å². The summed E-state index contributed by atoms with van der Waals surface area (Å²) in [6.45, 7) is 0. The zero-order valence-corrected chi connectivity index (χ0v) is 11.9. The van der Waals surface area contributed by atoms with Crippen LogP contribution in [0.1, 0.15) is 0 Å². The van der Waals surface area contributed by atoms with Gasteiger partial charge < -0.3 is 21.2 Å². The SMILES string of the molecule is Cl.N.O=C([O-])[O-].[K+].[K+]. The fraction of sp³-hybridized carbons (Fsp3) is 0. The predicted octanol–water partition coefficient (Wildman–Crippen LogP) is -7.86. The summed E-state index contributed by atoms with van der Waals surface area (Å²) in [5.41, 5.74) is 0. The van der Waals surface area contributed by atoms with Crippen molar-refractivity contribution in [2.24, 2.45) is 0 Å². The minimum absolute atomic E-state index is 0. The number of carbonyl (C=O) groups excluding carboxylic acids is 1. The van der Waals surface area contributed by atoms with Crippen molar-refractivity contribution in [3.05, 3.63) is 0 Å². The molecular weight excluding hydrogens is 188 g/mol. The fourth-order valence-corrected chi connectivity index (χ4v) is 0. The third kappa shape index (κ3) is 68.5. The first kappa shape index (κ1) is 30.8. The first-order valence-corrected chi connectivity index (χ1v) is 0.612. The van der Waals surface area contributed by atoms with Gasteiger partial charge >= 0.3 is 103 Å². The Morgan fingerprint density at radius 2 is 1.12 bits per heavy atom. The molecule has 4 nitrogen and oxygen atoms in total. The maximum atomic E-state index is 8.33. The third-order valence-electron chi connectivity index (χ3n) is 0. The molecule has 0 aromatic carbocycles. The summed E-state index contributed by atoms with van der Waals surface area (Å²) in [7, 11) is 0. The number of rotatable bonds is 0. The van der Waals surface area contributed by atoms with Crippen molar-refractivity contribution in [2.75, 3.05) is 0 Å². The van der Waals surface area contributed by atoms with Gasteiger partial charge in [0.2, 0.25) is 0 Å². The van der Waals surface area contributed by atoms with Crippen LogP contribution in [0, 0.1) is 0 Å². The van der Waals surface area contributed by atoms with Crippen molar-refractivity contribution < 1.29 is 118 Å². The molecule has 0 rings (SSSR count). The Kier molecular flexibility index (Phi) is 87.0. The van der Waals surface area contributed by atoms with E-state index in [-0.39, 0.29) is 121 Å². The van der Waals surface area contributed by atoms with Crippen molar-refractivity contribution in [2.45, 2.75) is 0 Å². The van der Waals surface area contributed by atoms with Crippen molar-refractivity contribution in [1.82, 2.24) is 6.15 Å². The molecule has 8 heavy (non-hydrogen) atoms. The Hall–Kier alpha value is 2.79. The summed E-state index contributed by atoms with van der Waals surface area (Å²) < 4.78 is 0. The van der Waals surface area contributed by atoms with Crippen LogP contribution < -0.4 is 119 Å². The molecule has 0 saturated heterocycles. The van der Waals surface area contributed by atoms with Gasteiger partial charge in [-0.1, -0.05) is 0 Å². The summed E-state index contributed by atoms with van der Waals surface area (Å²) in [6.07, 6.45) is -2.33. The van der Waals surface area contributed by atoms with E-state index in [4.69, 9.17) is 15.0 Å². The van der Waals surface area contributed by atoms with Crippen molar-refractivity contribution in [3.63, 3.8) is 0 Å². The van der Waals surface area contributed by atoms with E-state index < -0.39 is 6.16 Å². The topological polar surface area (TPSA) is 98.2 Å². The second kappa shape index (κ2) is 22.6. The summed E-state index contributed by atoms with van der Waals surface area (Å²) in [5, 5.41) is 16.7. The summed E-state index contributed by atoms with van der Waals surface area (Å²) in [6, 6.07) is 0. The molecular formula is CH4ClK2NO3. The molecule has 0 unspecified atom stereocenters. The molecule has 0 aliphatic rings. The average molecular weight is 192 g/mol. The number of hydrogen-bond donors (Lipinski definition) is 1. The molecule has 0 heterocycles. The Morgan fingerprint density at radius 3 is 1.12 bits per heavy atom. The fourth-order valence-electron chi connectivity index (χ4n) is 0. The molecule has 0 spiro atoms. The van der Waals surface area contributed by atoms with E-state index >= 15 is 0 Å². The van der Waals surface area contributed by atoms with Gasteiger partial charge in [0.25, 0.3) is 0 Å². The molecule has 0 aliphatic heterocycles. The zero-order valence-electron chi connectivity index (χ0n) is 4.84. The van der Waals surface area contributed by atoms with E-state index in [0.29, 0.717) is 0 Å². The summed E-state index contributed by atoms with van der Waals surface area (Å²) >= 11 is 0. The molecule has 0 bridgehead atoms. The first-order valence-electron chi connectivity index (χ1n) is 0.612. The molecule has 0 saturated carbocycles. The van der Waals surface area contributed by atoms with Crippen molar-refractivity contribution in [3.8, 4) is 0 Å². The molecule has 0 atom stereocenters. The van der Waals surface area contributed by atoms with Crippen LogP contribution in [0.2, 0.25) is 0 Å². The summed E-state index contributed by atoms with van der Waals surface area (Å²) in [5.74, 6) is 0. The normalized spacial score (nSPS) is 3.00. The van der Waals surface area contributed by atoms with E-state index in [1.165, 1.54) is 0 Å². The second-order valence-corrected chi connectivity index (χ2v) is 0.250. The molecule has 3 N–H and O–H groups in total. The van der Waals surface area contributed by atoms with E-state index in [2.05, 4.69) is 0 Å². The Bertz CT molecular complexity index is 40.3. The predicted molar refractivity (Wildman–Crippen MR) is 17.7 cm³/mol. The van der Waals surface area contributed by atoms with Gasteiger partial charge in [0, 0.05) is 0 Å². The van der Waals surface area contributed by atoms with Gasteiger partial charge in [0.15, 0.2) is 0 Å². The number of halogens is 1. The van der Waals surface area contributed by atoms with Gasteiger partial charge in [-0.3, -0.25) is 0 Å². The van der Waals surface area contributed by atoms with Crippen molar-refractivity contribution >= 4 is 18.6 Å². The molecule has 0 aromatic rings. The van der Waals surface area contributed by atoms with Crippen LogP contribution in [-0.2, 0) is 0 Å². The van der Waals surface area contributed by atoms with Gasteiger partial charge in [-0.25, -0.2) is 0 Å². The monoisotopic (exact) mass is 191 g/mol. The van der Waals surface area contributed by atoms with Gasteiger partial charge in [0.1, 0.15) is 0 Å². The minimum atomic E-state index is -2.33. The maximum absolute atomic E-state index is 8.33. The van der Waals surface area contributed by atoms with E-state index in [1.807, 2.05) is 0 Å². The zero-order chi connectivity index (χ0) is 3.58. The molecule has 0 fully saturated rings. The Morgan fingerprint density at radius 1 is 1.12 bits per heavy atom. The minimum Gasteiger partial charge on any atom is -0.652 e. The first-order chi connectivity index (χ1) is 1.73. The third-order valence-corrected chi connectivity index (χ3v) is 0. The average Bonchev–Trinajstić information content (AvgIpc) is 0.811. The molecule has 0 radical (unpaired) electrons. The van der Waals surface area contributed by atoms with Crippen LogP contribution in [0.5, 0.6) is 0 Å². The van der Waals surface area contributed by atoms with Crippen molar-refractivity contribution in [1.29, 1.82) is 0 Å². The van der Waals surface area contributed by atoms with Gasteiger partial charge in [-0.2, -0.15) is 0 Å². The van der Waals surface area contributed by atoms with Crippen LogP contribution in [0.25, 0.3) is 0 Å². The quantitative estimate of drug-likeness (QED) is 0.385. The van der Waals surface area contributed by atoms with E-state index in [9.17, 15) is 0 Å². The molecule has 0 aromatic heterocycles. The number of carboxylic acid groups (broad SMARTS) is 2. The Labute approximate surface area is 139 Å². The van der Waals surface area contributed by atoms with Gasteiger partial charge in [-0.05, 0) is 6.16 Å². The summed E-state index contributed by atoms with van der Waals surface area (Å²) in [4.78, 5) is 8.33. The smallest absolute Gasteiger partial charge is 0.652 e. The van der Waals surface area contributed by atoms with Crippen LogP contribution in [0.15, 0.2) is 0 Å². The standard InChI is InChI=1S/CH2O3.ClH.2K.H3N/c2-1(3)4;;;;/h(H2,2,3,4);1H;;;1H3/q;;2*+1;/p-2. The largest absolute Gasteiger partial charge is 1.00 e. The maximum Gasteiger partial charge on any atom is 1.00 e. The van der Waals surface area contributed by atoms with Gasteiger partial charge in [-0.15, -0.1) is 12.4 Å². The molecule has 0 aliphatic carbocycles. The van der Waals surface area contributed by atoms with Crippen LogP contribution in [0.4, 0.5) is 4.79 Å². The molecule has 0 amide bonds. The van der Waals surface area contributed by atoms with E-state index in [1.54, 1.807) is 0 Å². The molecule has 7 heteroatoms. The van der Waals surface area contributed by atoms with Crippen LogP contribution in [-0.4, -0.2) is 6.16 Å². The molecule has 40 valence electrons. The Balaban J connectivity index is -0.00000000750.